The van der Waals surface area contributed by atoms with Crippen LogP contribution < -0.4 is 0 Å². The summed E-state index contributed by atoms with van der Waals surface area (Å²) in [6.07, 6.45) is 5.72. The van der Waals surface area contributed by atoms with E-state index in [0.29, 0.717) is 24.2 Å². The Labute approximate surface area is 91.7 Å². The SMILES string of the molecule is CC1(C)CCC(C2(C#N)CC(=O)C2)CC1. The van der Waals surface area contributed by atoms with Gasteiger partial charge in [-0.05, 0) is 37.0 Å². The predicted octanol–water partition coefficient (Wildman–Crippen LogP) is 3.08. The Balaban J connectivity index is 2.02. The fourth-order valence-electron chi connectivity index (χ4n) is 3.06. The lowest BCUT2D eigenvalue weighted by atomic mass is 9.55. The van der Waals surface area contributed by atoms with E-state index in [1.54, 1.807) is 0 Å². The summed E-state index contributed by atoms with van der Waals surface area (Å²) < 4.78 is 0. The summed E-state index contributed by atoms with van der Waals surface area (Å²) in [7, 11) is 0. The van der Waals surface area contributed by atoms with Gasteiger partial charge in [-0.25, -0.2) is 0 Å². The van der Waals surface area contributed by atoms with Crippen LogP contribution in [0.1, 0.15) is 52.4 Å². The summed E-state index contributed by atoms with van der Waals surface area (Å²) in [5.74, 6) is 0.759. The fraction of sp³-hybridized carbons (Fsp3) is 0.846. The molecule has 0 aromatic rings. The van der Waals surface area contributed by atoms with E-state index >= 15 is 0 Å². The van der Waals surface area contributed by atoms with Crippen molar-refractivity contribution in [2.24, 2.45) is 16.7 Å². The van der Waals surface area contributed by atoms with Crippen molar-refractivity contribution < 1.29 is 4.79 Å². The Bertz CT molecular complexity index is 306. The molecule has 0 atom stereocenters. The number of nitrogens with zero attached hydrogens (tertiary/aromatic N) is 1. The lowest BCUT2D eigenvalue weighted by Crippen LogP contribution is -2.44. The van der Waals surface area contributed by atoms with E-state index in [1.165, 1.54) is 12.8 Å². The van der Waals surface area contributed by atoms with Crippen molar-refractivity contribution in [1.82, 2.24) is 0 Å². The molecule has 2 aliphatic carbocycles. The minimum absolute atomic E-state index is 0.270. The molecule has 0 aromatic carbocycles. The Morgan fingerprint density at radius 3 is 2.20 bits per heavy atom. The van der Waals surface area contributed by atoms with Crippen molar-refractivity contribution in [2.75, 3.05) is 0 Å². The molecule has 0 bridgehead atoms. The highest BCUT2D eigenvalue weighted by molar-refractivity contribution is 5.87. The zero-order chi connectivity index (χ0) is 11.1. The van der Waals surface area contributed by atoms with Crippen LogP contribution in [0.15, 0.2) is 0 Å². The molecule has 0 spiro atoms. The van der Waals surface area contributed by atoms with Gasteiger partial charge in [0.15, 0.2) is 0 Å². The maximum atomic E-state index is 11.1. The van der Waals surface area contributed by atoms with Gasteiger partial charge in [-0.1, -0.05) is 13.8 Å². The maximum absolute atomic E-state index is 11.1. The first-order valence-electron chi connectivity index (χ1n) is 5.90. The molecule has 0 N–H and O–H groups in total. The van der Waals surface area contributed by atoms with Crippen LogP contribution in [0.3, 0.4) is 0 Å². The number of hydrogen-bond donors (Lipinski definition) is 0. The predicted molar refractivity (Wildman–Crippen MR) is 58.0 cm³/mol. The second kappa shape index (κ2) is 3.33. The van der Waals surface area contributed by atoms with E-state index in [-0.39, 0.29) is 11.2 Å². The van der Waals surface area contributed by atoms with Gasteiger partial charge in [-0.15, -0.1) is 0 Å². The summed E-state index contributed by atoms with van der Waals surface area (Å²) in [6.45, 7) is 4.60. The zero-order valence-corrected chi connectivity index (χ0v) is 9.68. The lowest BCUT2D eigenvalue weighted by molar-refractivity contribution is -0.133. The number of carbonyl (C=O) groups excluding carboxylic acids is 1. The summed E-state index contributed by atoms with van der Waals surface area (Å²) in [4.78, 5) is 11.1. The molecule has 82 valence electrons. The van der Waals surface area contributed by atoms with Crippen molar-refractivity contribution in [3.8, 4) is 6.07 Å². The van der Waals surface area contributed by atoms with E-state index in [1.807, 2.05) is 0 Å². The summed E-state index contributed by atoms with van der Waals surface area (Å²) in [6, 6.07) is 2.42. The van der Waals surface area contributed by atoms with Gasteiger partial charge >= 0.3 is 0 Å². The highest BCUT2D eigenvalue weighted by Crippen LogP contribution is 2.52. The molecular weight excluding hydrogens is 186 g/mol. The monoisotopic (exact) mass is 205 g/mol. The molecule has 0 unspecified atom stereocenters. The average Bonchev–Trinajstić information content (AvgIpc) is 2.13. The van der Waals surface area contributed by atoms with E-state index in [2.05, 4.69) is 19.9 Å². The van der Waals surface area contributed by atoms with Crippen molar-refractivity contribution in [2.45, 2.75) is 52.4 Å². The van der Waals surface area contributed by atoms with Crippen LogP contribution in [0.5, 0.6) is 0 Å². The van der Waals surface area contributed by atoms with Gasteiger partial charge in [-0.2, -0.15) is 5.26 Å². The van der Waals surface area contributed by atoms with Crippen LogP contribution in [0.2, 0.25) is 0 Å². The largest absolute Gasteiger partial charge is 0.300 e. The Hall–Kier alpha value is -0.840. The van der Waals surface area contributed by atoms with Gasteiger partial charge in [0.05, 0.1) is 11.5 Å². The van der Waals surface area contributed by atoms with Crippen LogP contribution in [-0.2, 0) is 4.79 Å². The van der Waals surface area contributed by atoms with Gasteiger partial charge < -0.3 is 0 Å². The fourth-order valence-corrected chi connectivity index (χ4v) is 3.06. The van der Waals surface area contributed by atoms with Crippen molar-refractivity contribution in [3.05, 3.63) is 0 Å². The van der Waals surface area contributed by atoms with Crippen molar-refractivity contribution in [1.29, 1.82) is 5.26 Å². The summed E-state index contributed by atoms with van der Waals surface area (Å²) in [5, 5.41) is 9.23. The molecule has 0 heterocycles. The van der Waals surface area contributed by atoms with Crippen LogP contribution in [0, 0.1) is 28.1 Å². The molecule has 2 nitrogen and oxygen atoms in total. The van der Waals surface area contributed by atoms with Gasteiger partial charge in [0.1, 0.15) is 5.78 Å². The van der Waals surface area contributed by atoms with Gasteiger partial charge in [0.2, 0.25) is 0 Å². The number of Topliss-reactive ketones (excluding diaryl/α,β-unsaturated/α-hetero) is 1. The molecule has 2 aliphatic rings. The molecule has 2 rings (SSSR count). The summed E-state index contributed by atoms with van der Waals surface area (Å²) in [5.41, 5.74) is 0.175. The zero-order valence-electron chi connectivity index (χ0n) is 9.68. The molecule has 0 saturated heterocycles. The second-order valence-corrected chi connectivity index (χ2v) is 6.10. The number of ketones is 1. The highest BCUT2D eigenvalue weighted by atomic mass is 16.1. The molecule has 2 heteroatoms. The van der Waals surface area contributed by atoms with Crippen molar-refractivity contribution >= 4 is 5.78 Å². The number of hydrogen-bond acceptors (Lipinski definition) is 2. The first-order valence-corrected chi connectivity index (χ1v) is 5.90. The Morgan fingerprint density at radius 1 is 1.27 bits per heavy atom. The molecule has 2 saturated carbocycles. The highest BCUT2D eigenvalue weighted by Gasteiger charge is 2.50. The molecule has 2 fully saturated rings. The minimum Gasteiger partial charge on any atom is -0.300 e. The average molecular weight is 205 g/mol. The van der Waals surface area contributed by atoms with E-state index in [0.717, 1.165) is 12.8 Å². The number of carbonyl (C=O) groups is 1. The maximum Gasteiger partial charge on any atom is 0.136 e. The second-order valence-electron chi connectivity index (χ2n) is 6.10. The van der Waals surface area contributed by atoms with Gasteiger partial charge in [0, 0.05) is 12.8 Å². The molecule has 0 amide bonds. The lowest BCUT2D eigenvalue weighted by Gasteiger charge is -2.45. The van der Waals surface area contributed by atoms with Crippen molar-refractivity contribution in [3.63, 3.8) is 0 Å². The molecule has 0 radical (unpaired) electrons. The molecular formula is C13H19NO. The van der Waals surface area contributed by atoms with Gasteiger partial charge in [0.25, 0.3) is 0 Å². The minimum atomic E-state index is -0.270. The Morgan fingerprint density at radius 2 is 1.80 bits per heavy atom. The Kier molecular flexibility index (Phi) is 2.37. The first kappa shape index (κ1) is 10.7. The third-order valence-electron chi connectivity index (χ3n) is 4.37. The van der Waals surface area contributed by atoms with Crippen LogP contribution in [0.4, 0.5) is 0 Å². The number of rotatable bonds is 1. The first-order chi connectivity index (χ1) is 6.97. The van der Waals surface area contributed by atoms with E-state index in [9.17, 15) is 10.1 Å². The van der Waals surface area contributed by atoms with Gasteiger partial charge in [-0.3, -0.25) is 4.79 Å². The smallest absolute Gasteiger partial charge is 0.136 e. The van der Waals surface area contributed by atoms with Crippen LogP contribution in [-0.4, -0.2) is 5.78 Å². The standard InChI is InChI=1S/C13H19NO/c1-12(2)5-3-10(4-6-12)13(9-14)7-11(15)8-13/h10H,3-8H2,1-2H3. The normalized spacial score (nSPS) is 29.3. The van der Waals surface area contributed by atoms with E-state index < -0.39 is 0 Å². The number of nitriles is 1. The third-order valence-corrected chi connectivity index (χ3v) is 4.37. The quantitative estimate of drug-likeness (QED) is 0.660. The molecule has 15 heavy (non-hydrogen) atoms. The topological polar surface area (TPSA) is 40.9 Å². The van der Waals surface area contributed by atoms with E-state index in [4.69, 9.17) is 0 Å². The van der Waals surface area contributed by atoms with Crippen LogP contribution in [0.25, 0.3) is 0 Å². The molecule has 0 aliphatic heterocycles. The van der Waals surface area contributed by atoms with Crippen LogP contribution >= 0.6 is 0 Å². The molecule has 0 aromatic heterocycles. The third kappa shape index (κ3) is 1.80. The summed E-state index contributed by atoms with van der Waals surface area (Å²) >= 11 is 0.